The number of nitrogens with zero attached hydrogens (tertiary/aromatic N) is 4. The van der Waals surface area contributed by atoms with Crippen molar-refractivity contribution in [1.82, 2.24) is 19.7 Å². The number of carbonyl (C=O) groups excluding carboxylic acids is 2. The summed E-state index contributed by atoms with van der Waals surface area (Å²) >= 11 is -0.180. The van der Waals surface area contributed by atoms with E-state index in [1.807, 2.05) is 27.1 Å². The normalized spacial score (nSPS) is 11.6. The zero-order valence-electron chi connectivity index (χ0n) is 25.3. The number of unbranched alkanes of at least 4 members (excludes halogenated alkanes) is 2. The van der Waals surface area contributed by atoms with E-state index in [1.165, 1.54) is 25.4 Å². The molecule has 4 aromatic rings. The van der Waals surface area contributed by atoms with E-state index in [-0.39, 0.29) is 44.6 Å². The number of nitrogens with two attached hydrogens (primary N) is 1. The summed E-state index contributed by atoms with van der Waals surface area (Å²) in [5, 5.41) is 6.28. The Morgan fingerprint density at radius 2 is 1.89 bits per heavy atom. The number of quaternary nitrogens is 1. The molecule has 2 aromatic heterocycles. The number of benzene rings is 2. The first-order valence-electron chi connectivity index (χ1n) is 14.3. The van der Waals surface area contributed by atoms with Crippen molar-refractivity contribution in [2.45, 2.75) is 32.6 Å². The van der Waals surface area contributed by atoms with Crippen molar-refractivity contribution in [2.75, 3.05) is 44.0 Å². The van der Waals surface area contributed by atoms with Crippen molar-refractivity contribution >= 4 is 29.0 Å². The van der Waals surface area contributed by atoms with Crippen LogP contribution in [0.15, 0.2) is 48.9 Å². The molecule has 2 heterocycles. The third-order valence-corrected chi connectivity index (χ3v) is 10.4. The van der Waals surface area contributed by atoms with Gasteiger partial charge in [-0.1, -0.05) is 0 Å². The average Bonchev–Trinajstić information content (AvgIpc) is 3.42. The first kappa shape index (κ1) is 33.1. The Bertz CT molecular complexity index is 1640. The van der Waals surface area contributed by atoms with Gasteiger partial charge < -0.3 is 4.74 Å². The molecule has 0 spiro atoms. The number of likely N-dealkylation sites (N-methyl/N-ethyl adjacent to an activating group) is 1. The molecule has 0 aliphatic rings. The fourth-order valence-electron chi connectivity index (χ4n) is 4.81. The minimum atomic E-state index is -1.07. The zero-order chi connectivity index (χ0) is 31.9. The van der Waals surface area contributed by atoms with Crippen LogP contribution < -0.4 is 42.6 Å². The predicted octanol–water partition coefficient (Wildman–Crippen LogP) is 1.45. The van der Waals surface area contributed by atoms with Crippen LogP contribution in [0.3, 0.4) is 0 Å². The Kier molecular flexibility index (Phi) is 11.1. The SMILES string of the molecule is CCc1cc(Nc2nccn3c(-c4ccc(OC)c(F)c4F)cnc23)ccc1C(=O)NCCCCC[I-][N+](C)(C)CC(N)=O. The number of imidazole rings is 1. The van der Waals surface area contributed by atoms with Crippen LogP contribution in [0.2, 0.25) is 0 Å². The molecule has 0 fully saturated rings. The van der Waals surface area contributed by atoms with E-state index in [1.54, 1.807) is 28.9 Å². The number of alkyl halides is 1. The predicted molar refractivity (Wildman–Crippen MR) is 161 cm³/mol. The van der Waals surface area contributed by atoms with E-state index < -0.39 is 11.6 Å². The minimum absolute atomic E-state index is 0.0430. The van der Waals surface area contributed by atoms with Gasteiger partial charge in [-0.25, -0.2) is 14.4 Å². The van der Waals surface area contributed by atoms with E-state index in [0.29, 0.717) is 50.6 Å². The maximum atomic E-state index is 14.8. The summed E-state index contributed by atoms with van der Waals surface area (Å²) in [4.78, 5) is 33.0. The first-order chi connectivity index (χ1) is 21.0. The number of hydrogen-bond acceptors (Lipinski definition) is 6. The van der Waals surface area contributed by atoms with Gasteiger partial charge in [-0.15, -0.1) is 0 Å². The summed E-state index contributed by atoms with van der Waals surface area (Å²) in [6.45, 7) is 2.95. The molecule has 4 N–H and O–H groups in total. The van der Waals surface area contributed by atoms with Crippen LogP contribution in [-0.4, -0.2) is 67.6 Å². The number of aromatic nitrogens is 3. The number of hydrogen-bond donors (Lipinski definition) is 3. The van der Waals surface area contributed by atoms with E-state index >= 15 is 0 Å². The summed E-state index contributed by atoms with van der Waals surface area (Å²) in [5.74, 6) is -2.24. The molecule has 13 heteroatoms. The second-order valence-corrected chi connectivity index (χ2v) is 15.1. The van der Waals surface area contributed by atoms with Gasteiger partial charge in [-0.05, 0) is 12.1 Å². The Morgan fingerprint density at radius 1 is 1.09 bits per heavy atom. The van der Waals surface area contributed by atoms with Crippen LogP contribution in [0, 0.1) is 11.6 Å². The molecule has 2 amide bonds. The molecule has 10 nitrogen and oxygen atoms in total. The summed E-state index contributed by atoms with van der Waals surface area (Å²) < 4.78 is 37.5. The van der Waals surface area contributed by atoms with Crippen LogP contribution in [0.4, 0.5) is 20.3 Å². The summed E-state index contributed by atoms with van der Waals surface area (Å²) in [7, 11) is 5.37. The number of amides is 2. The average molecular weight is 722 g/mol. The van der Waals surface area contributed by atoms with Gasteiger partial charge in [0.25, 0.3) is 0 Å². The molecule has 0 radical (unpaired) electrons. The van der Waals surface area contributed by atoms with Gasteiger partial charge in [0, 0.05) is 18.0 Å². The van der Waals surface area contributed by atoms with E-state index in [9.17, 15) is 18.4 Å². The number of rotatable bonds is 15. The summed E-state index contributed by atoms with van der Waals surface area (Å²) in [5.41, 5.74) is 8.36. The number of nitrogens with one attached hydrogen (secondary N) is 2. The van der Waals surface area contributed by atoms with Crippen LogP contribution in [0.1, 0.15) is 42.1 Å². The quantitative estimate of drug-likeness (QED) is 0.0740. The third kappa shape index (κ3) is 8.00. The number of anilines is 2. The summed E-state index contributed by atoms with van der Waals surface area (Å²) in [6.07, 6.45) is 8.24. The second-order valence-electron chi connectivity index (χ2n) is 10.7. The van der Waals surface area contributed by atoms with Gasteiger partial charge >= 0.3 is 161 Å². The van der Waals surface area contributed by atoms with Gasteiger partial charge in [0.05, 0.1) is 19.0 Å². The van der Waals surface area contributed by atoms with Crippen molar-refractivity contribution in [3.8, 4) is 17.0 Å². The molecule has 0 unspecified atom stereocenters. The number of primary amides is 1. The Balaban J connectivity index is 1.38. The van der Waals surface area contributed by atoms with Crippen molar-refractivity contribution in [2.24, 2.45) is 5.73 Å². The molecule has 0 bridgehead atoms. The Morgan fingerprint density at radius 3 is 2.61 bits per heavy atom. The molecule has 0 saturated heterocycles. The molecule has 0 aliphatic carbocycles. The monoisotopic (exact) mass is 721 g/mol. The topological polar surface area (TPSA) is 124 Å². The van der Waals surface area contributed by atoms with Gasteiger partial charge in [0.2, 0.25) is 5.82 Å². The maximum absolute atomic E-state index is 14.8. The van der Waals surface area contributed by atoms with E-state index in [2.05, 4.69) is 20.6 Å². The second kappa shape index (κ2) is 14.8. The molecule has 236 valence electrons. The third-order valence-electron chi connectivity index (χ3n) is 7.00. The zero-order valence-corrected chi connectivity index (χ0v) is 27.5. The number of fused-ring (bicyclic) bond motifs is 1. The molecule has 0 saturated carbocycles. The molecule has 0 aliphatic heterocycles. The number of carbonyl (C=O) groups is 2. The molecule has 4 rings (SSSR count). The van der Waals surface area contributed by atoms with Gasteiger partial charge in [-0.3, -0.25) is 4.40 Å². The van der Waals surface area contributed by atoms with Crippen molar-refractivity contribution < 1.29 is 47.3 Å². The fourth-order valence-corrected chi connectivity index (χ4v) is 7.57. The Labute approximate surface area is 266 Å². The standard InChI is InChI=1S/C31H38F2IN7O3/c1-5-20-17-21(9-10-22(20)31(43)37-14-8-6-7-13-34-41(2,3)19-26(35)42)39-29-30-38-18-24(40(30)16-15-36-29)23-11-12-25(44-4)28(33)27(23)32/h9-12,15-18H,5-8,13-14,19H2,1-4H3,(H2,35,42)(H,36,39)(H,37,43). The van der Waals surface area contributed by atoms with Crippen LogP contribution >= 0.6 is 0 Å². The number of halogens is 3. The van der Waals surface area contributed by atoms with Crippen molar-refractivity contribution in [3.63, 3.8) is 0 Å². The van der Waals surface area contributed by atoms with Crippen molar-refractivity contribution in [1.29, 1.82) is 0 Å². The fraction of sp³-hybridized carbons (Fsp3) is 0.355. The van der Waals surface area contributed by atoms with E-state index in [0.717, 1.165) is 29.3 Å². The first-order valence-corrected chi connectivity index (χ1v) is 16.8. The Hall–Kier alpha value is -3.85. The molecule has 44 heavy (non-hydrogen) atoms. The van der Waals surface area contributed by atoms with Gasteiger partial charge in [-0.2, -0.15) is 4.39 Å². The molecular formula is C31H38F2IN7O3. The van der Waals surface area contributed by atoms with Gasteiger partial charge in [0.1, 0.15) is 0 Å². The number of methoxy groups -OCH3 is 1. The van der Waals surface area contributed by atoms with Crippen LogP contribution in [0.5, 0.6) is 5.75 Å². The number of aryl methyl sites for hydroxylation is 1. The summed E-state index contributed by atoms with van der Waals surface area (Å²) in [6, 6.07) is 8.30. The number of ether oxygens (including phenoxy) is 1. The van der Waals surface area contributed by atoms with Crippen LogP contribution in [0.25, 0.3) is 16.9 Å². The van der Waals surface area contributed by atoms with Crippen molar-refractivity contribution in [3.05, 3.63) is 71.7 Å². The molecule has 2 aromatic carbocycles. The van der Waals surface area contributed by atoms with Gasteiger partial charge in [0.15, 0.2) is 23.0 Å². The van der Waals surface area contributed by atoms with Crippen LogP contribution in [-0.2, 0) is 11.2 Å². The molecule has 0 atom stereocenters. The van der Waals surface area contributed by atoms with E-state index in [4.69, 9.17) is 10.5 Å². The molecular weight excluding hydrogens is 683 g/mol.